The minimum atomic E-state index is -0.575. The van der Waals surface area contributed by atoms with Gasteiger partial charge >= 0.3 is 0 Å². The minimum Gasteiger partial charge on any atom is -0.379 e. The van der Waals surface area contributed by atoms with Gasteiger partial charge in [0.15, 0.2) is 0 Å². The van der Waals surface area contributed by atoms with Crippen molar-refractivity contribution in [2.24, 2.45) is 0 Å². The van der Waals surface area contributed by atoms with Crippen LogP contribution in [-0.4, -0.2) is 85.3 Å². The van der Waals surface area contributed by atoms with Gasteiger partial charge in [-0.1, -0.05) is 6.07 Å². The first kappa shape index (κ1) is 21.3. The summed E-state index contributed by atoms with van der Waals surface area (Å²) in [5.74, 6) is 0.0345. The van der Waals surface area contributed by atoms with Crippen LogP contribution in [0.5, 0.6) is 0 Å². The average molecular weight is 433 g/mol. The Morgan fingerprint density at radius 3 is 2.77 bits per heavy atom. The smallest absolute Gasteiger partial charge is 0.255 e. The van der Waals surface area contributed by atoms with Crippen molar-refractivity contribution >= 4 is 29.5 Å². The van der Waals surface area contributed by atoms with Crippen molar-refractivity contribution in [1.29, 1.82) is 0 Å². The number of rotatable bonds is 8. The third-order valence-electron chi connectivity index (χ3n) is 5.79. The lowest BCUT2D eigenvalue weighted by Crippen LogP contribution is -2.52. The molecule has 1 unspecified atom stereocenters. The van der Waals surface area contributed by atoms with Gasteiger partial charge in [0.25, 0.3) is 5.91 Å². The number of fused-ring (bicyclic) bond motifs is 1. The molecule has 1 atom stereocenters. The summed E-state index contributed by atoms with van der Waals surface area (Å²) in [6.07, 6.45) is 0.650. The van der Waals surface area contributed by atoms with Crippen LogP contribution in [0, 0.1) is 0 Å². The number of thioether (sulfide) groups is 1. The van der Waals surface area contributed by atoms with Crippen LogP contribution in [0.25, 0.3) is 0 Å². The van der Waals surface area contributed by atoms with Gasteiger partial charge in [-0.3, -0.25) is 24.6 Å². The summed E-state index contributed by atoms with van der Waals surface area (Å²) in [7, 11) is 0. The van der Waals surface area contributed by atoms with E-state index in [4.69, 9.17) is 4.74 Å². The van der Waals surface area contributed by atoms with Crippen molar-refractivity contribution in [3.05, 3.63) is 29.3 Å². The van der Waals surface area contributed by atoms with E-state index in [1.807, 2.05) is 18.2 Å². The van der Waals surface area contributed by atoms with Gasteiger partial charge in [-0.25, -0.2) is 0 Å². The summed E-state index contributed by atoms with van der Waals surface area (Å²) < 4.78 is 5.79. The average Bonchev–Trinajstić information content (AvgIpc) is 3.08. The number of nitrogens with zero attached hydrogens (tertiary/aromatic N) is 2. The SMILES string of the molecule is O=C1CCC(N2Cc3c(SCCOCCN4CCNCC4)cccc3C2=O)C(=O)N1. The van der Waals surface area contributed by atoms with Crippen LogP contribution in [0.2, 0.25) is 0 Å². The van der Waals surface area contributed by atoms with Crippen LogP contribution in [0.4, 0.5) is 0 Å². The summed E-state index contributed by atoms with van der Waals surface area (Å²) >= 11 is 1.68. The quantitative estimate of drug-likeness (QED) is 0.350. The van der Waals surface area contributed by atoms with E-state index in [2.05, 4.69) is 15.5 Å². The number of hydrogen-bond acceptors (Lipinski definition) is 7. The van der Waals surface area contributed by atoms with Gasteiger partial charge in [-0.15, -0.1) is 11.8 Å². The van der Waals surface area contributed by atoms with E-state index < -0.39 is 6.04 Å². The Hall–Kier alpha value is -1.94. The normalized spacial score (nSPS) is 22.3. The zero-order chi connectivity index (χ0) is 20.9. The van der Waals surface area contributed by atoms with E-state index in [0.717, 1.165) is 55.5 Å². The second-order valence-corrected chi connectivity index (χ2v) is 8.87. The first-order valence-corrected chi connectivity index (χ1v) is 11.5. The van der Waals surface area contributed by atoms with Crippen molar-refractivity contribution < 1.29 is 19.1 Å². The number of imide groups is 1. The fourth-order valence-electron chi connectivity index (χ4n) is 4.13. The van der Waals surface area contributed by atoms with Gasteiger partial charge in [0, 0.05) is 61.9 Å². The van der Waals surface area contributed by atoms with Gasteiger partial charge in [-0.2, -0.15) is 0 Å². The van der Waals surface area contributed by atoms with Crippen LogP contribution in [0.3, 0.4) is 0 Å². The molecule has 3 aliphatic heterocycles. The number of carbonyl (C=O) groups is 3. The molecule has 9 heteroatoms. The monoisotopic (exact) mass is 432 g/mol. The predicted octanol–water partition coefficient (Wildman–Crippen LogP) is 0.462. The van der Waals surface area contributed by atoms with E-state index in [9.17, 15) is 14.4 Å². The number of nitrogens with one attached hydrogen (secondary N) is 2. The highest BCUT2D eigenvalue weighted by Gasteiger charge is 2.39. The highest BCUT2D eigenvalue weighted by Crippen LogP contribution is 2.34. The zero-order valence-corrected chi connectivity index (χ0v) is 17.8. The summed E-state index contributed by atoms with van der Waals surface area (Å²) in [6.45, 7) is 7.00. The van der Waals surface area contributed by atoms with Crippen LogP contribution in [-0.2, 0) is 20.9 Å². The van der Waals surface area contributed by atoms with E-state index in [1.54, 1.807) is 16.7 Å². The van der Waals surface area contributed by atoms with Gasteiger partial charge in [0.1, 0.15) is 6.04 Å². The molecule has 1 aromatic rings. The van der Waals surface area contributed by atoms with Crippen LogP contribution in [0.15, 0.2) is 23.1 Å². The number of amides is 3. The molecule has 0 aliphatic carbocycles. The Labute approximate surface area is 180 Å². The second-order valence-electron chi connectivity index (χ2n) is 7.73. The molecule has 1 aromatic carbocycles. The molecule has 3 aliphatic rings. The summed E-state index contributed by atoms with van der Waals surface area (Å²) in [6, 6.07) is 5.15. The summed E-state index contributed by atoms with van der Waals surface area (Å²) in [4.78, 5) is 41.5. The third kappa shape index (κ3) is 4.85. The predicted molar refractivity (Wildman–Crippen MR) is 113 cm³/mol. The topological polar surface area (TPSA) is 91.0 Å². The maximum atomic E-state index is 12.9. The Morgan fingerprint density at radius 1 is 1.13 bits per heavy atom. The maximum absolute atomic E-state index is 12.9. The molecule has 162 valence electrons. The van der Waals surface area contributed by atoms with Crippen molar-refractivity contribution in [3.63, 3.8) is 0 Å². The largest absolute Gasteiger partial charge is 0.379 e. The van der Waals surface area contributed by atoms with Crippen LogP contribution in [0.1, 0.15) is 28.8 Å². The molecule has 2 fully saturated rings. The summed E-state index contributed by atoms with van der Waals surface area (Å²) in [5.41, 5.74) is 1.63. The third-order valence-corrected chi connectivity index (χ3v) is 6.85. The maximum Gasteiger partial charge on any atom is 0.255 e. The number of hydrogen-bond donors (Lipinski definition) is 2. The molecule has 0 aromatic heterocycles. The molecule has 2 saturated heterocycles. The van der Waals surface area contributed by atoms with E-state index >= 15 is 0 Å². The first-order valence-electron chi connectivity index (χ1n) is 10.5. The second kappa shape index (κ2) is 9.91. The van der Waals surface area contributed by atoms with Gasteiger partial charge in [0.2, 0.25) is 11.8 Å². The number of benzene rings is 1. The number of ether oxygens (including phenoxy) is 1. The molecule has 8 nitrogen and oxygen atoms in total. The molecule has 4 rings (SSSR count). The van der Waals surface area contributed by atoms with Gasteiger partial charge in [-0.05, 0) is 24.1 Å². The highest BCUT2D eigenvalue weighted by molar-refractivity contribution is 7.99. The molecule has 0 saturated carbocycles. The Kier molecular flexibility index (Phi) is 7.04. The van der Waals surface area contributed by atoms with E-state index in [-0.39, 0.29) is 24.1 Å². The lowest BCUT2D eigenvalue weighted by atomic mass is 10.0. The van der Waals surface area contributed by atoms with Crippen molar-refractivity contribution in [2.45, 2.75) is 30.3 Å². The fourth-order valence-corrected chi connectivity index (χ4v) is 5.08. The van der Waals surface area contributed by atoms with Crippen molar-refractivity contribution in [2.75, 3.05) is 51.7 Å². The Balaban J connectivity index is 1.27. The highest BCUT2D eigenvalue weighted by atomic mass is 32.2. The van der Waals surface area contributed by atoms with E-state index in [1.165, 1.54) is 0 Å². The zero-order valence-electron chi connectivity index (χ0n) is 17.0. The lowest BCUT2D eigenvalue weighted by molar-refractivity contribution is -0.136. The molecule has 30 heavy (non-hydrogen) atoms. The molecule has 0 radical (unpaired) electrons. The Bertz CT molecular complexity index is 812. The molecule has 3 amide bonds. The van der Waals surface area contributed by atoms with Crippen LogP contribution < -0.4 is 10.6 Å². The lowest BCUT2D eigenvalue weighted by Gasteiger charge is -2.29. The van der Waals surface area contributed by atoms with Gasteiger partial charge in [0.05, 0.1) is 13.2 Å². The van der Waals surface area contributed by atoms with Crippen LogP contribution >= 0.6 is 11.8 Å². The number of piperidine rings is 1. The van der Waals surface area contributed by atoms with Crippen molar-refractivity contribution in [3.8, 4) is 0 Å². The molecule has 2 N–H and O–H groups in total. The molecular weight excluding hydrogens is 404 g/mol. The molecule has 3 heterocycles. The molecular formula is C21H28N4O4S. The number of carbonyl (C=O) groups excluding carboxylic acids is 3. The van der Waals surface area contributed by atoms with Gasteiger partial charge < -0.3 is 15.0 Å². The van der Waals surface area contributed by atoms with Crippen molar-refractivity contribution in [1.82, 2.24) is 20.4 Å². The Morgan fingerprint density at radius 2 is 1.97 bits per heavy atom. The summed E-state index contributed by atoms with van der Waals surface area (Å²) in [5, 5.41) is 5.69. The first-order chi connectivity index (χ1) is 14.6. The minimum absolute atomic E-state index is 0.130. The standard InChI is InChI=1S/C21H28N4O4S/c26-19-5-4-17(20(27)23-19)25-14-16-15(21(25)28)2-1-3-18(16)30-13-12-29-11-10-24-8-6-22-7-9-24/h1-3,17,22H,4-14H2,(H,23,26,27). The number of piperazine rings is 1. The molecule has 0 spiro atoms. The molecule has 0 bridgehead atoms. The van der Waals surface area contributed by atoms with E-state index in [0.29, 0.717) is 25.1 Å². The fraction of sp³-hybridized carbons (Fsp3) is 0.571.